The SMILES string of the molecule is N#Cc1cc(-c2noc(CN)n2)cc(F)c1O. The fourth-order valence-corrected chi connectivity index (χ4v) is 1.27. The lowest BCUT2D eigenvalue weighted by Crippen LogP contribution is -1.95. The highest BCUT2D eigenvalue weighted by Crippen LogP contribution is 2.27. The number of aromatic nitrogens is 2. The highest BCUT2D eigenvalue weighted by molar-refractivity contribution is 5.61. The van der Waals surface area contributed by atoms with E-state index in [0.717, 1.165) is 6.07 Å². The van der Waals surface area contributed by atoms with E-state index in [1.165, 1.54) is 6.07 Å². The summed E-state index contributed by atoms with van der Waals surface area (Å²) in [6.45, 7) is 0.0681. The van der Waals surface area contributed by atoms with Crippen molar-refractivity contribution >= 4 is 0 Å². The van der Waals surface area contributed by atoms with E-state index in [-0.39, 0.29) is 29.4 Å². The minimum absolute atomic E-state index is 0.0681. The summed E-state index contributed by atoms with van der Waals surface area (Å²) in [7, 11) is 0. The summed E-state index contributed by atoms with van der Waals surface area (Å²) in [6.07, 6.45) is 0. The molecule has 0 radical (unpaired) electrons. The lowest BCUT2D eigenvalue weighted by molar-refractivity contribution is 0.380. The Morgan fingerprint density at radius 1 is 1.53 bits per heavy atom. The van der Waals surface area contributed by atoms with Gasteiger partial charge in [0.15, 0.2) is 11.6 Å². The number of nitriles is 1. The molecule has 3 N–H and O–H groups in total. The van der Waals surface area contributed by atoms with E-state index in [9.17, 15) is 9.50 Å². The molecule has 0 fully saturated rings. The molecule has 0 saturated carbocycles. The molecule has 1 heterocycles. The monoisotopic (exact) mass is 234 g/mol. The third-order valence-electron chi connectivity index (χ3n) is 2.08. The second kappa shape index (κ2) is 4.19. The quantitative estimate of drug-likeness (QED) is 0.799. The number of hydrogen-bond donors (Lipinski definition) is 2. The zero-order valence-electron chi connectivity index (χ0n) is 8.51. The van der Waals surface area contributed by atoms with Crippen LogP contribution in [0.4, 0.5) is 4.39 Å². The molecular formula is C10H7FN4O2. The lowest BCUT2D eigenvalue weighted by Gasteiger charge is -2.00. The van der Waals surface area contributed by atoms with Gasteiger partial charge < -0.3 is 15.4 Å². The van der Waals surface area contributed by atoms with Gasteiger partial charge in [-0.1, -0.05) is 5.16 Å². The summed E-state index contributed by atoms with van der Waals surface area (Å²) in [5.41, 5.74) is 5.33. The van der Waals surface area contributed by atoms with Crippen LogP contribution in [0.2, 0.25) is 0 Å². The first-order chi connectivity index (χ1) is 8.15. The van der Waals surface area contributed by atoms with Crippen molar-refractivity contribution in [3.8, 4) is 23.2 Å². The van der Waals surface area contributed by atoms with E-state index in [0.29, 0.717) is 0 Å². The first-order valence-corrected chi connectivity index (χ1v) is 4.61. The van der Waals surface area contributed by atoms with Gasteiger partial charge in [-0.2, -0.15) is 10.2 Å². The number of nitrogens with two attached hydrogens (primary N) is 1. The average Bonchev–Trinajstić information content (AvgIpc) is 2.81. The first kappa shape index (κ1) is 11.0. The van der Waals surface area contributed by atoms with Crippen molar-refractivity contribution in [2.75, 3.05) is 0 Å². The second-order valence-corrected chi connectivity index (χ2v) is 3.18. The van der Waals surface area contributed by atoms with Gasteiger partial charge in [-0.15, -0.1) is 0 Å². The minimum atomic E-state index is -0.918. The summed E-state index contributed by atoms with van der Waals surface area (Å²) >= 11 is 0. The highest BCUT2D eigenvalue weighted by atomic mass is 19.1. The molecule has 6 nitrogen and oxygen atoms in total. The van der Waals surface area contributed by atoms with Crippen LogP contribution in [-0.4, -0.2) is 15.2 Å². The number of halogens is 1. The molecule has 1 aromatic carbocycles. The van der Waals surface area contributed by atoms with Crippen molar-refractivity contribution < 1.29 is 14.0 Å². The number of rotatable bonds is 2. The predicted molar refractivity (Wildman–Crippen MR) is 54.0 cm³/mol. The molecule has 0 aliphatic rings. The van der Waals surface area contributed by atoms with Crippen molar-refractivity contribution in [2.45, 2.75) is 6.54 Å². The van der Waals surface area contributed by atoms with Crippen molar-refractivity contribution in [3.63, 3.8) is 0 Å². The molecule has 0 aliphatic heterocycles. The molecule has 0 aliphatic carbocycles. The van der Waals surface area contributed by atoms with Gasteiger partial charge in [0.05, 0.1) is 12.1 Å². The second-order valence-electron chi connectivity index (χ2n) is 3.18. The van der Waals surface area contributed by atoms with Gasteiger partial charge in [0.2, 0.25) is 11.7 Å². The van der Waals surface area contributed by atoms with E-state index in [1.807, 2.05) is 0 Å². The van der Waals surface area contributed by atoms with Crippen molar-refractivity contribution in [1.29, 1.82) is 5.26 Å². The number of benzene rings is 1. The van der Waals surface area contributed by atoms with E-state index < -0.39 is 11.6 Å². The number of phenols is 1. The molecular weight excluding hydrogens is 227 g/mol. The van der Waals surface area contributed by atoms with Crippen molar-refractivity contribution in [1.82, 2.24) is 10.1 Å². The van der Waals surface area contributed by atoms with Crippen LogP contribution >= 0.6 is 0 Å². The van der Waals surface area contributed by atoms with E-state index in [4.69, 9.17) is 15.5 Å². The Kier molecular flexibility index (Phi) is 2.72. The van der Waals surface area contributed by atoms with Crippen molar-refractivity contribution in [2.24, 2.45) is 5.73 Å². The third-order valence-corrected chi connectivity index (χ3v) is 2.08. The number of hydrogen-bond acceptors (Lipinski definition) is 6. The normalized spacial score (nSPS) is 10.2. The Morgan fingerprint density at radius 2 is 2.29 bits per heavy atom. The van der Waals surface area contributed by atoms with Gasteiger partial charge in [0.25, 0.3) is 0 Å². The maximum absolute atomic E-state index is 13.3. The van der Waals surface area contributed by atoms with Crippen LogP contribution in [0.3, 0.4) is 0 Å². The largest absolute Gasteiger partial charge is 0.504 e. The Hall–Kier alpha value is -2.46. The maximum atomic E-state index is 13.3. The minimum Gasteiger partial charge on any atom is -0.504 e. The zero-order chi connectivity index (χ0) is 12.4. The first-order valence-electron chi connectivity index (χ1n) is 4.61. The number of aromatic hydroxyl groups is 1. The predicted octanol–water partition coefficient (Wildman–Crippen LogP) is 0.912. The van der Waals surface area contributed by atoms with Gasteiger partial charge in [-0.05, 0) is 12.1 Å². The van der Waals surface area contributed by atoms with Crippen LogP contribution in [0.25, 0.3) is 11.4 Å². The Bertz CT molecular complexity index is 603. The van der Waals surface area contributed by atoms with Crippen LogP contribution < -0.4 is 5.73 Å². The molecule has 0 atom stereocenters. The summed E-state index contributed by atoms with van der Waals surface area (Å²) < 4.78 is 18.0. The molecule has 2 aromatic rings. The van der Waals surface area contributed by atoms with Gasteiger partial charge in [0, 0.05) is 5.56 Å². The Morgan fingerprint density at radius 3 is 2.88 bits per heavy atom. The highest BCUT2D eigenvalue weighted by Gasteiger charge is 2.14. The molecule has 86 valence electrons. The zero-order valence-corrected chi connectivity index (χ0v) is 8.51. The standard InChI is InChI=1S/C10H7FN4O2/c11-7-2-5(1-6(3-12)9(7)16)10-14-8(4-13)17-15-10/h1-2,16H,4,13H2. The third kappa shape index (κ3) is 1.93. The summed E-state index contributed by atoms with van der Waals surface area (Å²) in [4.78, 5) is 3.88. The van der Waals surface area contributed by atoms with E-state index in [1.54, 1.807) is 6.07 Å². The maximum Gasteiger partial charge on any atom is 0.240 e. The van der Waals surface area contributed by atoms with E-state index in [2.05, 4.69) is 10.1 Å². The lowest BCUT2D eigenvalue weighted by atomic mass is 10.1. The Labute approximate surface area is 95.1 Å². The average molecular weight is 234 g/mol. The molecule has 17 heavy (non-hydrogen) atoms. The van der Waals surface area contributed by atoms with Gasteiger partial charge in [0.1, 0.15) is 6.07 Å². The summed E-state index contributed by atoms with van der Waals surface area (Å²) in [6, 6.07) is 3.95. The molecule has 0 spiro atoms. The summed E-state index contributed by atoms with van der Waals surface area (Å²) in [5.74, 6) is -1.30. The number of phenolic OH excluding ortho intramolecular Hbond substituents is 1. The van der Waals surface area contributed by atoms with Gasteiger partial charge >= 0.3 is 0 Å². The van der Waals surface area contributed by atoms with Crippen LogP contribution in [0.15, 0.2) is 16.7 Å². The fourth-order valence-electron chi connectivity index (χ4n) is 1.27. The summed E-state index contributed by atoms with van der Waals surface area (Å²) in [5, 5.41) is 21.5. The number of nitrogens with zero attached hydrogens (tertiary/aromatic N) is 3. The van der Waals surface area contributed by atoms with Crippen LogP contribution in [0, 0.1) is 17.1 Å². The fraction of sp³-hybridized carbons (Fsp3) is 0.100. The topological polar surface area (TPSA) is 109 Å². The van der Waals surface area contributed by atoms with Crippen LogP contribution in [-0.2, 0) is 6.54 Å². The smallest absolute Gasteiger partial charge is 0.240 e. The Balaban J connectivity index is 2.53. The molecule has 0 amide bonds. The molecule has 0 unspecified atom stereocenters. The molecule has 7 heteroatoms. The van der Waals surface area contributed by atoms with Gasteiger partial charge in [-0.3, -0.25) is 0 Å². The van der Waals surface area contributed by atoms with E-state index >= 15 is 0 Å². The van der Waals surface area contributed by atoms with Crippen LogP contribution in [0.1, 0.15) is 11.5 Å². The van der Waals surface area contributed by atoms with Gasteiger partial charge in [-0.25, -0.2) is 4.39 Å². The van der Waals surface area contributed by atoms with Crippen molar-refractivity contribution in [3.05, 3.63) is 29.4 Å². The molecule has 1 aromatic heterocycles. The molecule has 0 bridgehead atoms. The molecule has 2 rings (SSSR count). The van der Waals surface area contributed by atoms with Crippen LogP contribution in [0.5, 0.6) is 5.75 Å². The molecule has 0 saturated heterocycles.